The summed E-state index contributed by atoms with van der Waals surface area (Å²) in [6.45, 7) is 3.80. The van der Waals surface area contributed by atoms with Gasteiger partial charge in [-0.3, -0.25) is 4.79 Å². The Morgan fingerprint density at radius 1 is 1.29 bits per heavy atom. The van der Waals surface area contributed by atoms with Gasteiger partial charge in [-0.2, -0.15) is 5.10 Å². The van der Waals surface area contributed by atoms with Crippen LogP contribution in [0.15, 0.2) is 42.7 Å². The van der Waals surface area contributed by atoms with Crippen molar-refractivity contribution in [2.45, 2.75) is 13.8 Å². The number of esters is 1. The largest absolute Gasteiger partial charge is 0.462 e. The highest BCUT2D eigenvalue weighted by atomic mass is 35.5. The maximum absolute atomic E-state index is 12.4. The van der Waals surface area contributed by atoms with E-state index in [2.05, 4.69) is 15.4 Å². The van der Waals surface area contributed by atoms with E-state index in [9.17, 15) is 9.59 Å². The first kappa shape index (κ1) is 19.4. The van der Waals surface area contributed by atoms with Crippen molar-refractivity contribution in [3.8, 4) is 5.69 Å². The lowest BCUT2D eigenvalue weighted by Gasteiger charge is -2.10. The third-order valence-corrected chi connectivity index (χ3v) is 4.29. The summed E-state index contributed by atoms with van der Waals surface area (Å²) in [5.41, 5.74) is 8.09. The Balaban J connectivity index is 1.84. The quantitative estimate of drug-likeness (QED) is 0.637. The second kappa shape index (κ2) is 8.10. The number of carbonyl (C=O) groups is 2. The average molecular weight is 400 g/mol. The van der Waals surface area contributed by atoms with Crippen LogP contribution in [0.2, 0.25) is 5.02 Å². The Morgan fingerprint density at radius 3 is 2.79 bits per heavy atom. The van der Waals surface area contributed by atoms with Gasteiger partial charge in [-0.25, -0.2) is 14.5 Å². The van der Waals surface area contributed by atoms with Crippen LogP contribution in [0.5, 0.6) is 0 Å². The number of halogens is 1. The molecule has 0 aliphatic heterocycles. The van der Waals surface area contributed by atoms with Crippen LogP contribution in [0.1, 0.15) is 33.3 Å². The number of benzene rings is 1. The molecule has 0 atom stereocenters. The third kappa shape index (κ3) is 3.96. The van der Waals surface area contributed by atoms with E-state index in [1.54, 1.807) is 36.7 Å². The average Bonchev–Trinajstić information content (AvgIpc) is 3.06. The van der Waals surface area contributed by atoms with Gasteiger partial charge in [0.15, 0.2) is 0 Å². The standard InChI is InChI=1S/C19H18ClN5O3/c1-3-28-19(27)15-10-23-25(11(15)2)14-6-4-5-13(8-14)24-18(26)12-7-16(20)17(21)22-9-12/h4-10H,3H2,1-2H3,(H2,21,22)(H,24,26). The highest BCUT2D eigenvalue weighted by molar-refractivity contribution is 6.33. The molecular weight excluding hydrogens is 382 g/mol. The van der Waals surface area contributed by atoms with Gasteiger partial charge >= 0.3 is 5.97 Å². The second-order valence-electron chi connectivity index (χ2n) is 5.87. The summed E-state index contributed by atoms with van der Waals surface area (Å²) in [7, 11) is 0. The van der Waals surface area contributed by atoms with E-state index in [0.717, 1.165) is 0 Å². The number of anilines is 2. The predicted octanol–water partition coefficient (Wildman–Crippen LogP) is 3.24. The van der Waals surface area contributed by atoms with E-state index in [1.165, 1.54) is 18.5 Å². The zero-order valence-electron chi connectivity index (χ0n) is 15.3. The lowest BCUT2D eigenvalue weighted by Crippen LogP contribution is -2.13. The normalized spacial score (nSPS) is 10.5. The molecule has 0 saturated heterocycles. The molecule has 0 fully saturated rings. The molecule has 0 bridgehead atoms. The number of carbonyl (C=O) groups excluding carboxylic acids is 2. The first-order valence-electron chi connectivity index (χ1n) is 8.45. The molecule has 0 aliphatic rings. The van der Waals surface area contributed by atoms with Gasteiger partial charge in [0.2, 0.25) is 0 Å². The van der Waals surface area contributed by atoms with Crippen molar-refractivity contribution in [3.05, 3.63) is 64.6 Å². The van der Waals surface area contributed by atoms with Crippen LogP contribution in [-0.2, 0) is 4.74 Å². The Hall–Kier alpha value is -3.39. The fourth-order valence-corrected chi connectivity index (χ4v) is 2.74. The number of nitrogens with zero attached hydrogens (tertiary/aromatic N) is 3. The SMILES string of the molecule is CCOC(=O)c1cnn(-c2cccc(NC(=O)c3cnc(N)c(Cl)c3)c2)c1C. The summed E-state index contributed by atoms with van der Waals surface area (Å²) >= 11 is 5.92. The molecule has 0 spiro atoms. The zero-order chi connectivity index (χ0) is 20.3. The number of pyridine rings is 1. The van der Waals surface area contributed by atoms with Crippen LogP contribution in [0.4, 0.5) is 11.5 Å². The molecule has 144 valence electrons. The molecule has 0 saturated carbocycles. The van der Waals surface area contributed by atoms with E-state index in [4.69, 9.17) is 22.1 Å². The van der Waals surface area contributed by atoms with Gasteiger partial charge in [0, 0.05) is 11.9 Å². The van der Waals surface area contributed by atoms with Crippen molar-refractivity contribution in [3.63, 3.8) is 0 Å². The maximum atomic E-state index is 12.4. The monoisotopic (exact) mass is 399 g/mol. The molecule has 8 nitrogen and oxygen atoms in total. The summed E-state index contributed by atoms with van der Waals surface area (Å²) in [6.07, 6.45) is 2.81. The number of rotatable bonds is 5. The van der Waals surface area contributed by atoms with E-state index in [-0.39, 0.29) is 28.9 Å². The molecule has 9 heteroatoms. The van der Waals surface area contributed by atoms with E-state index in [0.29, 0.717) is 22.6 Å². The van der Waals surface area contributed by atoms with Gasteiger partial charge in [0.05, 0.1) is 34.8 Å². The summed E-state index contributed by atoms with van der Waals surface area (Å²) in [4.78, 5) is 28.3. The molecular formula is C19H18ClN5O3. The van der Waals surface area contributed by atoms with Crippen molar-refractivity contribution < 1.29 is 14.3 Å². The molecule has 1 amide bonds. The molecule has 0 aliphatic carbocycles. The lowest BCUT2D eigenvalue weighted by molar-refractivity contribution is 0.0525. The summed E-state index contributed by atoms with van der Waals surface area (Å²) in [6, 6.07) is 8.50. The van der Waals surface area contributed by atoms with Crippen LogP contribution < -0.4 is 11.1 Å². The maximum Gasteiger partial charge on any atom is 0.341 e. The minimum absolute atomic E-state index is 0.159. The number of nitrogen functional groups attached to an aromatic ring is 1. The Kier molecular flexibility index (Phi) is 5.60. The van der Waals surface area contributed by atoms with Crippen molar-refractivity contribution in [1.29, 1.82) is 0 Å². The minimum atomic E-state index is -0.427. The smallest absolute Gasteiger partial charge is 0.341 e. The molecule has 3 N–H and O–H groups in total. The number of nitrogens with two attached hydrogens (primary N) is 1. The molecule has 3 rings (SSSR count). The van der Waals surface area contributed by atoms with Crippen LogP contribution >= 0.6 is 11.6 Å². The van der Waals surface area contributed by atoms with Crippen molar-refractivity contribution in [1.82, 2.24) is 14.8 Å². The summed E-state index contributed by atoms with van der Waals surface area (Å²) < 4.78 is 6.63. The van der Waals surface area contributed by atoms with Crippen molar-refractivity contribution in [2.75, 3.05) is 17.7 Å². The predicted molar refractivity (Wildman–Crippen MR) is 106 cm³/mol. The number of hydrogen-bond donors (Lipinski definition) is 2. The fourth-order valence-electron chi connectivity index (χ4n) is 2.57. The number of ether oxygens (including phenoxy) is 1. The molecule has 2 heterocycles. The van der Waals surface area contributed by atoms with Gasteiger partial charge in [0.25, 0.3) is 5.91 Å². The number of amides is 1. The van der Waals surface area contributed by atoms with Gasteiger partial charge in [-0.05, 0) is 38.1 Å². The van der Waals surface area contributed by atoms with Crippen molar-refractivity contribution >= 4 is 35.0 Å². The summed E-state index contributed by atoms with van der Waals surface area (Å²) in [5, 5.41) is 7.23. The van der Waals surface area contributed by atoms with Crippen molar-refractivity contribution in [2.24, 2.45) is 0 Å². The van der Waals surface area contributed by atoms with E-state index in [1.807, 2.05) is 6.07 Å². The zero-order valence-corrected chi connectivity index (χ0v) is 16.0. The molecule has 3 aromatic rings. The van der Waals surface area contributed by atoms with Crippen LogP contribution in [0.25, 0.3) is 5.69 Å². The Bertz CT molecular complexity index is 1050. The molecule has 28 heavy (non-hydrogen) atoms. The summed E-state index contributed by atoms with van der Waals surface area (Å²) in [5.74, 6) is -0.647. The number of nitrogens with one attached hydrogen (secondary N) is 1. The fraction of sp³-hybridized carbons (Fsp3) is 0.158. The van der Waals surface area contributed by atoms with E-state index >= 15 is 0 Å². The third-order valence-electron chi connectivity index (χ3n) is 3.99. The van der Waals surface area contributed by atoms with Gasteiger partial charge in [-0.1, -0.05) is 17.7 Å². The second-order valence-corrected chi connectivity index (χ2v) is 6.28. The van der Waals surface area contributed by atoms with Crippen LogP contribution in [-0.4, -0.2) is 33.2 Å². The number of aromatic nitrogens is 3. The van der Waals surface area contributed by atoms with E-state index < -0.39 is 5.97 Å². The molecule has 1 aromatic carbocycles. The van der Waals surface area contributed by atoms with Crippen LogP contribution in [0.3, 0.4) is 0 Å². The molecule has 2 aromatic heterocycles. The Morgan fingerprint density at radius 2 is 2.07 bits per heavy atom. The molecule has 0 radical (unpaired) electrons. The first-order chi connectivity index (χ1) is 13.4. The van der Waals surface area contributed by atoms with Crippen LogP contribution in [0, 0.1) is 6.92 Å². The topological polar surface area (TPSA) is 112 Å². The first-order valence-corrected chi connectivity index (χ1v) is 8.83. The highest BCUT2D eigenvalue weighted by Crippen LogP contribution is 2.21. The Labute approximate surface area is 166 Å². The number of hydrogen-bond acceptors (Lipinski definition) is 6. The molecule has 0 unspecified atom stereocenters. The van der Waals surface area contributed by atoms with Gasteiger partial charge in [-0.15, -0.1) is 0 Å². The highest BCUT2D eigenvalue weighted by Gasteiger charge is 2.16. The van der Waals surface area contributed by atoms with Gasteiger partial charge in [0.1, 0.15) is 11.4 Å². The lowest BCUT2D eigenvalue weighted by atomic mass is 10.2. The van der Waals surface area contributed by atoms with Gasteiger partial charge < -0.3 is 15.8 Å². The minimum Gasteiger partial charge on any atom is -0.462 e.